The first-order chi connectivity index (χ1) is 6.81. The first-order valence-electron chi connectivity index (χ1n) is 4.33. The quantitative estimate of drug-likeness (QED) is 0.743. The van der Waals surface area contributed by atoms with Crippen LogP contribution in [0.15, 0.2) is 24.3 Å². The summed E-state index contributed by atoms with van der Waals surface area (Å²) >= 11 is 1.64. The van der Waals surface area contributed by atoms with Gasteiger partial charge in [0.1, 0.15) is 5.75 Å². The molecule has 1 amide bonds. The zero-order valence-corrected chi connectivity index (χ0v) is 8.71. The van der Waals surface area contributed by atoms with E-state index in [1.54, 1.807) is 23.8 Å². The molecule has 1 aliphatic rings. The van der Waals surface area contributed by atoms with Crippen molar-refractivity contribution < 1.29 is 9.53 Å². The first-order valence-corrected chi connectivity index (χ1v) is 5.49. The van der Waals surface area contributed by atoms with Gasteiger partial charge in [0, 0.05) is 5.69 Å². The van der Waals surface area contributed by atoms with Crippen LogP contribution in [0.1, 0.15) is 0 Å². The van der Waals surface area contributed by atoms with Crippen LogP contribution in [0, 0.1) is 0 Å². The Balaban J connectivity index is 2.20. The highest BCUT2D eigenvalue weighted by Gasteiger charge is 2.21. The number of carbonyl (C=O) groups is 1. The topological polar surface area (TPSA) is 29.5 Å². The number of hydrogen-bond donors (Lipinski definition) is 0. The molecule has 4 heteroatoms. The standard InChI is InChI=1S/C10H11NO2S/c1-13-9-4-2-8(3-5-9)11-7-14-6-10(11)12/h2-5H,6-7H2,1H3. The van der Waals surface area contributed by atoms with Crippen molar-refractivity contribution >= 4 is 23.4 Å². The summed E-state index contributed by atoms with van der Waals surface area (Å²) in [4.78, 5) is 13.2. The molecule has 1 saturated heterocycles. The third-order valence-corrected chi connectivity index (χ3v) is 3.02. The van der Waals surface area contributed by atoms with E-state index < -0.39 is 0 Å². The highest BCUT2D eigenvalue weighted by Crippen LogP contribution is 2.25. The average Bonchev–Trinajstić information content (AvgIpc) is 2.65. The second kappa shape index (κ2) is 3.92. The fourth-order valence-corrected chi connectivity index (χ4v) is 2.25. The molecular formula is C10H11NO2S. The van der Waals surface area contributed by atoms with Gasteiger partial charge in [-0.2, -0.15) is 0 Å². The van der Waals surface area contributed by atoms with E-state index in [4.69, 9.17) is 4.74 Å². The number of ether oxygens (including phenoxy) is 1. The SMILES string of the molecule is COc1ccc(N2CSCC2=O)cc1. The third kappa shape index (κ3) is 1.70. The van der Waals surface area contributed by atoms with Gasteiger partial charge in [0.05, 0.1) is 18.7 Å². The Labute approximate surface area is 87.0 Å². The summed E-state index contributed by atoms with van der Waals surface area (Å²) in [7, 11) is 1.63. The molecular weight excluding hydrogens is 198 g/mol. The maximum absolute atomic E-state index is 11.4. The van der Waals surface area contributed by atoms with E-state index in [0.717, 1.165) is 17.3 Å². The fourth-order valence-electron chi connectivity index (χ4n) is 1.35. The van der Waals surface area contributed by atoms with Crippen LogP contribution in [0.2, 0.25) is 0 Å². The summed E-state index contributed by atoms with van der Waals surface area (Å²) in [5.41, 5.74) is 0.945. The van der Waals surface area contributed by atoms with E-state index in [2.05, 4.69) is 0 Å². The number of benzene rings is 1. The highest BCUT2D eigenvalue weighted by atomic mass is 32.2. The fraction of sp³-hybridized carbons (Fsp3) is 0.300. The normalized spacial score (nSPS) is 16.1. The van der Waals surface area contributed by atoms with Crippen LogP contribution in [0.25, 0.3) is 0 Å². The van der Waals surface area contributed by atoms with Crippen molar-refractivity contribution in [2.45, 2.75) is 0 Å². The molecule has 0 aromatic heterocycles. The van der Waals surface area contributed by atoms with Gasteiger partial charge in [-0.25, -0.2) is 0 Å². The van der Waals surface area contributed by atoms with E-state index in [-0.39, 0.29) is 5.91 Å². The van der Waals surface area contributed by atoms with Crippen LogP contribution in [-0.2, 0) is 4.79 Å². The molecule has 1 aliphatic heterocycles. The minimum absolute atomic E-state index is 0.181. The zero-order valence-electron chi connectivity index (χ0n) is 7.90. The summed E-state index contributed by atoms with van der Waals surface area (Å²) in [6.45, 7) is 0. The number of methoxy groups -OCH3 is 1. The first kappa shape index (κ1) is 9.40. The minimum atomic E-state index is 0.181. The number of carbonyl (C=O) groups excluding carboxylic acids is 1. The van der Waals surface area contributed by atoms with Crippen LogP contribution in [0.4, 0.5) is 5.69 Å². The lowest BCUT2D eigenvalue weighted by molar-refractivity contribution is -0.115. The van der Waals surface area contributed by atoms with Crippen LogP contribution < -0.4 is 9.64 Å². The number of nitrogens with zero attached hydrogens (tertiary/aromatic N) is 1. The van der Waals surface area contributed by atoms with Crippen molar-refractivity contribution in [1.29, 1.82) is 0 Å². The average molecular weight is 209 g/mol. The number of hydrogen-bond acceptors (Lipinski definition) is 3. The van der Waals surface area contributed by atoms with E-state index in [1.807, 2.05) is 24.3 Å². The summed E-state index contributed by atoms with van der Waals surface area (Å²) in [6.07, 6.45) is 0. The van der Waals surface area contributed by atoms with Crippen LogP contribution in [0.5, 0.6) is 5.75 Å². The maximum Gasteiger partial charge on any atom is 0.237 e. The molecule has 1 fully saturated rings. The van der Waals surface area contributed by atoms with E-state index in [9.17, 15) is 4.79 Å². The molecule has 0 saturated carbocycles. The Morgan fingerprint density at radius 3 is 2.57 bits per heavy atom. The zero-order chi connectivity index (χ0) is 9.97. The Kier molecular flexibility index (Phi) is 2.63. The molecule has 3 nitrogen and oxygen atoms in total. The molecule has 0 bridgehead atoms. The Hall–Kier alpha value is -1.16. The Morgan fingerprint density at radius 2 is 2.07 bits per heavy atom. The summed E-state index contributed by atoms with van der Waals surface area (Å²) in [5, 5.41) is 0. The molecule has 1 heterocycles. The van der Waals surface area contributed by atoms with Crippen molar-refractivity contribution in [2.75, 3.05) is 23.6 Å². The molecule has 0 N–H and O–H groups in total. The molecule has 0 aliphatic carbocycles. The van der Waals surface area contributed by atoms with Crippen molar-refractivity contribution in [1.82, 2.24) is 0 Å². The third-order valence-electron chi connectivity index (χ3n) is 2.13. The van der Waals surface area contributed by atoms with Gasteiger partial charge >= 0.3 is 0 Å². The molecule has 74 valence electrons. The molecule has 2 rings (SSSR count). The maximum atomic E-state index is 11.4. The molecule has 1 aromatic rings. The van der Waals surface area contributed by atoms with Gasteiger partial charge in [-0.05, 0) is 24.3 Å². The number of thioether (sulfide) groups is 1. The summed E-state index contributed by atoms with van der Waals surface area (Å²) in [6, 6.07) is 7.54. The van der Waals surface area contributed by atoms with Crippen LogP contribution in [-0.4, -0.2) is 24.6 Å². The van der Waals surface area contributed by atoms with E-state index >= 15 is 0 Å². The summed E-state index contributed by atoms with van der Waals surface area (Å²) in [5.74, 6) is 2.34. The lowest BCUT2D eigenvalue weighted by Crippen LogP contribution is -2.24. The molecule has 1 aromatic carbocycles. The molecule has 0 spiro atoms. The lowest BCUT2D eigenvalue weighted by atomic mass is 10.3. The number of anilines is 1. The van der Waals surface area contributed by atoms with Crippen LogP contribution in [0.3, 0.4) is 0 Å². The predicted molar refractivity (Wildman–Crippen MR) is 57.8 cm³/mol. The van der Waals surface area contributed by atoms with E-state index in [1.165, 1.54) is 0 Å². The van der Waals surface area contributed by atoms with E-state index in [0.29, 0.717) is 5.75 Å². The molecule has 0 atom stereocenters. The predicted octanol–water partition coefficient (Wildman–Crippen LogP) is 1.73. The van der Waals surface area contributed by atoms with Gasteiger partial charge in [0.2, 0.25) is 5.91 Å². The largest absolute Gasteiger partial charge is 0.497 e. The smallest absolute Gasteiger partial charge is 0.237 e. The Morgan fingerprint density at radius 1 is 1.36 bits per heavy atom. The van der Waals surface area contributed by atoms with Gasteiger partial charge in [0.25, 0.3) is 0 Å². The minimum Gasteiger partial charge on any atom is -0.497 e. The lowest BCUT2D eigenvalue weighted by Gasteiger charge is -2.14. The molecule has 0 radical (unpaired) electrons. The Bertz CT molecular complexity index is 336. The monoisotopic (exact) mass is 209 g/mol. The van der Waals surface area contributed by atoms with Crippen LogP contribution >= 0.6 is 11.8 Å². The van der Waals surface area contributed by atoms with Gasteiger partial charge in [0.15, 0.2) is 0 Å². The number of amides is 1. The van der Waals surface area contributed by atoms with Crippen molar-refractivity contribution in [2.24, 2.45) is 0 Å². The molecule has 14 heavy (non-hydrogen) atoms. The van der Waals surface area contributed by atoms with Gasteiger partial charge in [-0.1, -0.05) is 0 Å². The second-order valence-corrected chi connectivity index (χ2v) is 3.95. The highest BCUT2D eigenvalue weighted by molar-refractivity contribution is 8.00. The van der Waals surface area contributed by atoms with Gasteiger partial charge in [-0.15, -0.1) is 11.8 Å². The van der Waals surface area contributed by atoms with Gasteiger partial charge < -0.3 is 9.64 Å². The van der Waals surface area contributed by atoms with Gasteiger partial charge in [-0.3, -0.25) is 4.79 Å². The second-order valence-electron chi connectivity index (χ2n) is 3.00. The summed E-state index contributed by atoms with van der Waals surface area (Å²) < 4.78 is 5.05. The molecule has 0 unspecified atom stereocenters. The van der Waals surface area contributed by atoms with Crippen molar-refractivity contribution in [3.8, 4) is 5.75 Å². The van der Waals surface area contributed by atoms with Crippen molar-refractivity contribution in [3.05, 3.63) is 24.3 Å². The van der Waals surface area contributed by atoms with Crippen molar-refractivity contribution in [3.63, 3.8) is 0 Å². The number of rotatable bonds is 2.